The fourth-order valence-electron chi connectivity index (χ4n) is 2.01. The Bertz CT molecular complexity index is 582. The number of ether oxygens (including phenoxy) is 4. The van der Waals surface area contributed by atoms with Crippen molar-refractivity contribution in [3.05, 3.63) is 17.7 Å². The van der Waals surface area contributed by atoms with Gasteiger partial charge in [0.2, 0.25) is 5.75 Å². The number of methoxy groups -OCH3 is 4. The Hall–Kier alpha value is -2.26. The Labute approximate surface area is 146 Å². The number of hydrazine groups is 1. The van der Waals surface area contributed by atoms with Gasteiger partial charge in [-0.3, -0.25) is 15.6 Å². The van der Waals surface area contributed by atoms with Gasteiger partial charge in [0.25, 0.3) is 5.91 Å². The SMILES string of the molecule is COC[C@H](C)NC(=S)NNC(=O)c1ccc(OC)c(OC)c1OC. The Morgan fingerprint density at radius 3 is 2.29 bits per heavy atom. The molecule has 3 N–H and O–H groups in total. The fourth-order valence-corrected chi connectivity index (χ4v) is 2.26. The number of hydrogen-bond donors (Lipinski definition) is 3. The van der Waals surface area contributed by atoms with Crippen molar-refractivity contribution in [1.82, 2.24) is 16.2 Å². The van der Waals surface area contributed by atoms with Crippen molar-refractivity contribution in [3.8, 4) is 17.2 Å². The first-order chi connectivity index (χ1) is 11.5. The molecule has 0 bridgehead atoms. The Morgan fingerprint density at radius 1 is 1.08 bits per heavy atom. The van der Waals surface area contributed by atoms with Crippen LogP contribution in [-0.2, 0) is 4.74 Å². The molecule has 0 unspecified atom stereocenters. The van der Waals surface area contributed by atoms with Gasteiger partial charge in [-0.15, -0.1) is 0 Å². The topological polar surface area (TPSA) is 90.1 Å². The van der Waals surface area contributed by atoms with E-state index >= 15 is 0 Å². The predicted octanol–water partition coefficient (Wildman–Crippen LogP) is 0.856. The number of hydrogen-bond acceptors (Lipinski definition) is 6. The Balaban J connectivity index is 2.79. The van der Waals surface area contributed by atoms with E-state index in [1.165, 1.54) is 21.3 Å². The molecule has 0 saturated heterocycles. The van der Waals surface area contributed by atoms with E-state index in [1.54, 1.807) is 19.2 Å². The highest BCUT2D eigenvalue weighted by atomic mass is 32.1. The van der Waals surface area contributed by atoms with E-state index in [1.807, 2.05) is 6.92 Å². The molecule has 8 nitrogen and oxygen atoms in total. The zero-order valence-corrected chi connectivity index (χ0v) is 15.2. The van der Waals surface area contributed by atoms with E-state index < -0.39 is 5.91 Å². The van der Waals surface area contributed by atoms with Gasteiger partial charge in [0.1, 0.15) is 0 Å². The lowest BCUT2D eigenvalue weighted by Crippen LogP contribution is -2.50. The summed E-state index contributed by atoms with van der Waals surface area (Å²) in [5.74, 6) is 0.630. The van der Waals surface area contributed by atoms with Crippen LogP contribution in [0.1, 0.15) is 17.3 Å². The van der Waals surface area contributed by atoms with Crippen molar-refractivity contribution < 1.29 is 23.7 Å². The van der Waals surface area contributed by atoms with Gasteiger partial charge in [-0.05, 0) is 31.3 Å². The van der Waals surface area contributed by atoms with Gasteiger partial charge < -0.3 is 24.3 Å². The lowest BCUT2D eigenvalue weighted by Gasteiger charge is -2.18. The molecule has 0 aliphatic carbocycles. The van der Waals surface area contributed by atoms with Gasteiger partial charge >= 0.3 is 0 Å². The van der Waals surface area contributed by atoms with Crippen LogP contribution in [0.5, 0.6) is 17.2 Å². The van der Waals surface area contributed by atoms with Crippen LogP contribution in [0.25, 0.3) is 0 Å². The molecule has 0 radical (unpaired) electrons. The molecule has 0 heterocycles. The highest BCUT2D eigenvalue weighted by Gasteiger charge is 2.20. The molecular formula is C15H23N3O5S. The van der Waals surface area contributed by atoms with Crippen molar-refractivity contribution in [2.24, 2.45) is 0 Å². The molecule has 0 fully saturated rings. The van der Waals surface area contributed by atoms with E-state index in [0.717, 1.165) is 0 Å². The molecule has 1 aromatic carbocycles. The normalized spacial score (nSPS) is 11.2. The lowest BCUT2D eigenvalue weighted by atomic mass is 10.1. The third-order valence-electron chi connectivity index (χ3n) is 3.03. The maximum Gasteiger partial charge on any atom is 0.273 e. The van der Waals surface area contributed by atoms with Crippen LogP contribution in [0.15, 0.2) is 12.1 Å². The van der Waals surface area contributed by atoms with Gasteiger partial charge in [-0.25, -0.2) is 0 Å². The minimum absolute atomic E-state index is 0.00233. The van der Waals surface area contributed by atoms with E-state index in [9.17, 15) is 4.79 Å². The number of carbonyl (C=O) groups is 1. The molecular weight excluding hydrogens is 334 g/mol. The largest absolute Gasteiger partial charge is 0.493 e. The summed E-state index contributed by atoms with van der Waals surface area (Å²) in [6.07, 6.45) is 0. The van der Waals surface area contributed by atoms with Crippen LogP contribution in [0.2, 0.25) is 0 Å². The van der Waals surface area contributed by atoms with Gasteiger partial charge in [0, 0.05) is 13.2 Å². The fraction of sp³-hybridized carbons (Fsp3) is 0.467. The molecule has 0 aliphatic rings. The minimum atomic E-state index is -0.434. The molecule has 0 spiro atoms. The van der Waals surface area contributed by atoms with Gasteiger partial charge in [-0.2, -0.15) is 0 Å². The van der Waals surface area contributed by atoms with Gasteiger partial charge in [-0.1, -0.05) is 0 Å². The van der Waals surface area contributed by atoms with E-state index in [-0.39, 0.29) is 22.5 Å². The molecule has 1 atom stereocenters. The van der Waals surface area contributed by atoms with Crippen molar-refractivity contribution in [2.45, 2.75) is 13.0 Å². The first kappa shape index (κ1) is 19.8. The molecule has 0 aromatic heterocycles. The Morgan fingerprint density at radius 2 is 1.75 bits per heavy atom. The third kappa shape index (κ3) is 5.14. The van der Waals surface area contributed by atoms with Crippen LogP contribution in [0.4, 0.5) is 0 Å². The van der Waals surface area contributed by atoms with Crippen LogP contribution in [0.3, 0.4) is 0 Å². The van der Waals surface area contributed by atoms with E-state index in [0.29, 0.717) is 18.1 Å². The van der Waals surface area contributed by atoms with E-state index in [4.69, 9.17) is 31.2 Å². The zero-order chi connectivity index (χ0) is 18.1. The summed E-state index contributed by atoms with van der Waals surface area (Å²) in [5, 5.41) is 3.23. The van der Waals surface area contributed by atoms with Crippen LogP contribution in [0, 0.1) is 0 Å². The molecule has 0 saturated carbocycles. The van der Waals surface area contributed by atoms with Crippen molar-refractivity contribution >= 4 is 23.2 Å². The standard InChI is InChI=1S/C15H23N3O5S/c1-9(8-20-2)16-15(24)18-17-14(19)10-6-7-11(21-3)13(23-5)12(10)22-4/h6-7,9H,8H2,1-5H3,(H,17,19)(H2,16,18,24)/t9-/m0/s1. The lowest BCUT2D eigenvalue weighted by molar-refractivity contribution is 0.0939. The maximum atomic E-state index is 12.3. The molecule has 1 aromatic rings. The molecule has 1 amide bonds. The number of nitrogens with one attached hydrogen (secondary N) is 3. The average Bonchev–Trinajstić information content (AvgIpc) is 2.58. The number of thiocarbonyl (C=S) groups is 1. The molecule has 1 rings (SSSR count). The molecule has 0 aliphatic heterocycles. The first-order valence-electron chi connectivity index (χ1n) is 7.13. The predicted molar refractivity (Wildman–Crippen MR) is 93.8 cm³/mol. The minimum Gasteiger partial charge on any atom is -0.493 e. The quantitative estimate of drug-likeness (QED) is 0.489. The van der Waals surface area contributed by atoms with Crippen LogP contribution < -0.4 is 30.4 Å². The molecule has 9 heteroatoms. The second-order valence-electron chi connectivity index (χ2n) is 4.79. The monoisotopic (exact) mass is 357 g/mol. The summed E-state index contributed by atoms with van der Waals surface area (Å²) >= 11 is 5.09. The van der Waals surface area contributed by atoms with Crippen LogP contribution >= 0.6 is 12.2 Å². The second kappa shape index (κ2) is 9.78. The average molecular weight is 357 g/mol. The Kier molecular flexibility index (Phi) is 8.07. The summed E-state index contributed by atoms with van der Waals surface area (Å²) < 4.78 is 20.7. The summed E-state index contributed by atoms with van der Waals surface area (Å²) in [7, 11) is 6.01. The van der Waals surface area contributed by atoms with Gasteiger partial charge in [0.15, 0.2) is 16.6 Å². The number of rotatable bonds is 7. The second-order valence-corrected chi connectivity index (χ2v) is 5.20. The summed E-state index contributed by atoms with van der Waals surface area (Å²) in [5.41, 5.74) is 5.40. The number of benzene rings is 1. The number of carbonyl (C=O) groups excluding carboxylic acids is 1. The first-order valence-corrected chi connectivity index (χ1v) is 7.54. The smallest absolute Gasteiger partial charge is 0.273 e. The van der Waals surface area contributed by atoms with Gasteiger partial charge in [0.05, 0.1) is 33.5 Å². The maximum absolute atomic E-state index is 12.3. The number of amides is 1. The molecule has 134 valence electrons. The summed E-state index contributed by atoms with van der Waals surface area (Å²) in [6.45, 7) is 2.38. The van der Waals surface area contributed by atoms with Crippen molar-refractivity contribution in [2.75, 3.05) is 35.0 Å². The third-order valence-corrected chi connectivity index (χ3v) is 3.25. The van der Waals surface area contributed by atoms with E-state index in [2.05, 4.69) is 16.2 Å². The summed E-state index contributed by atoms with van der Waals surface area (Å²) in [4.78, 5) is 12.3. The summed E-state index contributed by atoms with van der Waals surface area (Å²) in [6, 6.07) is 3.19. The highest BCUT2D eigenvalue weighted by Crippen LogP contribution is 2.39. The van der Waals surface area contributed by atoms with Crippen molar-refractivity contribution in [3.63, 3.8) is 0 Å². The van der Waals surface area contributed by atoms with Crippen LogP contribution in [-0.4, -0.2) is 52.1 Å². The highest BCUT2D eigenvalue weighted by molar-refractivity contribution is 7.80. The zero-order valence-electron chi connectivity index (χ0n) is 14.4. The van der Waals surface area contributed by atoms with Crippen molar-refractivity contribution in [1.29, 1.82) is 0 Å². The molecule has 24 heavy (non-hydrogen) atoms.